The molecule has 1 amide bonds. The molecule has 0 atom stereocenters. The lowest BCUT2D eigenvalue weighted by atomic mass is 10.2. The molecule has 0 radical (unpaired) electrons. The largest absolute Gasteiger partial charge is 0.491 e. The van der Waals surface area contributed by atoms with Gasteiger partial charge >= 0.3 is 5.97 Å². The van der Waals surface area contributed by atoms with Crippen LogP contribution in [-0.2, 0) is 9.53 Å². The number of hydrogen-bond acceptors (Lipinski definition) is 4. The van der Waals surface area contributed by atoms with Gasteiger partial charge in [0.25, 0.3) is 5.91 Å². The van der Waals surface area contributed by atoms with Crippen LogP contribution in [0.1, 0.15) is 17.3 Å². The van der Waals surface area contributed by atoms with E-state index in [0.717, 1.165) is 0 Å². The Morgan fingerprint density at radius 3 is 3.05 bits per heavy atom. The Morgan fingerprint density at radius 2 is 2.25 bits per heavy atom. The van der Waals surface area contributed by atoms with E-state index < -0.39 is 5.97 Å². The Hall–Kier alpha value is -2.30. The van der Waals surface area contributed by atoms with Crippen LogP contribution in [0.3, 0.4) is 0 Å². The molecule has 0 aromatic heterocycles. The zero-order chi connectivity index (χ0) is 14.4. The second-order valence-corrected chi connectivity index (χ2v) is 4.25. The molecule has 0 spiro atoms. The molecule has 1 aliphatic rings. The van der Waals surface area contributed by atoms with Crippen molar-refractivity contribution >= 4 is 11.9 Å². The van der Waals surface area contributed by atoms with Crippen molar-refractivity contribution in [2.24, 2.45) is 0 Å². The van der Waals surface area contributed by atoms with Crippen molar-refractivity contribution in [1.82, 2.24) is 4.90 Å². The number of carbonyl (C=O) groups excluding carboxylic acids is 2. The lowest BCUT2D eigenvalue weighted by Crippen LogP contribution is -2.32. The van der Waals surface area contributed by atoms with Crippen LogP contribution in [0.15, 0.2) is 36.4 Å². The average molecular weight is 275 g/mol. The first kappa shape index (κ1) is 14.1. The van der Waals surface area contributed by atoms with Crippen LogP contribution < -0.4 is 4.74 Å². The zero-order valence-corrected chi connectivity index (χ0v) is 11.4. The molecular formula is C15H17NO4. The van der Waals surface area contributed by atoms with Crippen LogP contribution in [-0.4, -0.2) is 43.1 Å². The molecule has 0 aliphatic carbocycles. The fourth-order valence-corrected chi connectivity index (χ4v) is 1.95. The molecule has 1 heterocycles. The number of ether oxygens (including phenoxy) is 2. The van der Waals surface area contributed by atoms with E-state index in [1.165, 1.54) is 6.08 Å². The van der Waals surface area contributed by atoms with Crippen LogP contribution in [0.2, 0.25) is 0 Å². The molecule has 1 aromatic carbocycles. The number of esters is 1. The van der Waals surface area contributed by atoms with Crippen molar-refractivity contribution in [3.63, 3.8) is 0 Å². The predicted molar refractivity (Wildman–Crippen MR) is 73.6 cm³/mol. The summed E-state index contributed by atoms with van der Waals surface area (Å²) in [6.07, 6.45) is 2.97. The lowest BCUT2D eigenvalue weighted by molar-refractivity contribution is -0.137. The molecular weight excluding hydrogens is 258 g/mol. The molecule has 20 heavy (non-hydrogen) atoms. The van der Waals surface area contributed by atoms with Crippen molar-refractivity contribution in [3.05, 3.63) is 42.0 Å². The van der Waals surface area contributed by atoms with Crippen LogP contribution in [0.4, 0.5) is 0 Å². The SMILES string of the molecule is CCOC(=O)/C=C/CN1CCOc2ccccc2C1=O. The Labute approximate surface area is 117 Å². The first-order valence-electron chi connectivity index (χ1n) is 6.56. The third-order valence-corrected chi connectivity index (χ3v) is 2.89. The van der Waals surface area contributed by atoms with E-state index in [1.54, 1.807) is 36.1 Å². The third kappa shape index (κ3) is 3.38. The first-order chi connectivity index (χ1) is 9.72. The fourth-order valence-electron chi connectivity index (χ4n) is 1.95. The van der Waals surface area contributed by atoms with Gasteiger partial charge in [-0.05, 0) is 19.1 Å². The molecule has 0 fully saturated rings. The Morgan fingerprint density at radius 1 is 1.45 bits per heavy atom. The van der Waals surface area contributed by atoms with E-state index >= 15 is 0 Å². The predicted octanol–water partition coefficient (Wildman–Crippen LogP) is 1.64. The highest BCUT2D eigenvalue weighted by atomic mass is 16.5. The smallest absolute Gasteiger partial charge is 0.330 e. The van der Waals surface area contributed by atoms with Crippen molar-refractivity contribution in [3.8, 4) is 5.75 Å². The van der Waals surface area contributed by atoms with Gasteiger partial charge in [0.15, 0.2) is 0 Å². The quantitative estimate of drug-likeness (QED) is 0.619. The summed E-state index contributed by atoms with van der Waals surface area (Å²) in [5.41, 5.74) is 0.550. The zero-order valence-electron chi connectivity index (χ0n) is 11.4. The van der Waals surface area contributed by atoms with Gasteiger partial charge in [-0.2, -0.15) is 0 Å². The number of hydrogen-bond donors (Lipinski definition) is 0. The number of carbonyl (C=O) groups is 2. The van der Waals surface area contributed by atoms with Gasteiger partial charge in [-0.15, -0.1) is 0 Å². The maximum absolute atomic E-state index is 12.3. The molecule has 0 bridgehead atoms. The van der Waals surface area contributed by atoms with Gasteiger partial charge in [0.05, 0.1) is 18.7 Å². The van der Waals surface area contributed by atoms with E-state index in [4.69, 9.17) is 9.47 Å². The number of nitrogens with zero attached hydrogens (tertiary/aromatic N) is 1. The Bertz CT molecular complexity index is 524. The summed E-state index contributed by atoms with van der Waals surface area (Å²) in [6.45, 7) is 3.37. The van der Waals surface area contributed by atoms with E-state index in [-0.39, 0.29) is 5.91 Å². The second-order valence-electron chi connectivity index (χ2n) is 4.25. The number of benzene rings is 1. The van der Waals surface area contributed by atoms with Gasteiger partial charge in [-0.1, -0.05) is 18.2 Å². The second kappa shape index (κ2) is 6.75. The third-order valence-electron chi connectivity index (χ3n) is 2.89. The highest BCUT2D eigenvalue weighted by Gasteiger charge is 2.21. The summed E-state index contributed by atoms with van der Waals surface area (Å²) in [6, 6.07) is 7.16. The van der Waals surface area contributed by atoms with Crippen LogP contribution in [0.5, 0.6) is 5.75 Å². The van der Waals surface area contributed by atoms with Gasteiger partial charge in [0, 0.05) is 12.6 Å². The minimum absolute atomic E-state index is 0.0911. The summed E-state index contributed by atoms with van der Waals surface area (Å²) in [5.74, 6) is 0.118. The summed E-state index contributed by atoms with van der Waals surface area (Å²) in [7, 11) is 0. The lowest BCUT2D eigenvalue weighted by Gasteiger charge is -2.17. The van der Waals surface area contributed by atoms with Gasteiger partial charge < -0.3 is 14.4 Å². The first-order valence-corrected chi connectivity index (χ1v) is 6.56. The fraction of sp³-hybridized carbons (Fsp3) is 0.333. The highest BCUT2D eigenvalue weighted by Crippen LogP contribution is 2.22. The molecule has 106 valence electrons. The highest BCUT2D eigenvalue weighted by molar-refractivity contribution is 5.97. The van der Waals surface area contributed by atoms with Crippen LogP contribution in [0.25, 0.3) is 0 Å². The minimum Gasteiger partial charge on any atom is -0.491 e. The summed E-state index contributed by atoms with van der Waals surface area (Å²) >= 11 is 0. The summed E-state index contributed by atoms with van der Waals surface area (Å²) in [5, 5.41) is 0. The molecule has 0 N–H and O–H groups in total. The molecule has 0 saturated carbocycles. The van der Waals surface area contributed by atoms with Crippen molar-refractivity contribution in [2.75, 3.05) is 26.3 Å². The topological polar surface area (TPSA) is 55.8 Å². The van der Waals surface area contributed by atoms with E-state index in [2.05, 4.69) is 0 Å². The number of fused-ring (bicyclic) bond motifs is 1. The molecule has 0 unspecified atom stereocenters. The van der Waals surface area contributed by atoms with Crippen molar-refractivity contribution < 1.29 is 19.1 Å². The van der Waals surface area contributed by atoms with Gasteiger partial charge in [-0.25, -0.2) is 4.79 Å². The maximum Gasteiger partial charge on any atom is 0.330 e. The molecule has 1 aliphatic heterocycles. The maximum atomic E-state index is 12.3. The van der Waals surface area contributed by atoms with Crippen LogP contribution in [0, 0.1) is 0 Å². The van der Waals surface area contributed by atoms with E-state index in [0.29, 0.717) is 37.6 Å². The normalized spacial score (nSPS) is 14.7. The van der Waals surface area contributed by atoms with Crippen molar-refractivity contribution in [2.45, 2.75) is 6.92 Å². The van der Waals surface area contributed by atoms with E-state index in [1.807, 2.05) is 6.07 Å². The standard InChI is InChI=1S/C15H17NO4/c1-2-19-14(17)8-5-9-16-10-11-20-13-7-4-3-6-12(13)15(16)18/h3-8H,2,9-11H2,1H3/b8-5+. The summed E-state index contributed by atoms with van der Waals surface area (Å²) in [4.78, 5) is 25.2. The number of para-hydroxylation sites is 1. The average Bonchev–Trinajstić information content (AvgIpc) is 2.60. The van der Waals surface area contributed by atoms with Gasteiger partial charge in [0.2, 0.25) is 0 Å². The molecule has 2 rings (SSSR count). The van der Waals surface area contributed by atoms with Crippen LogP contribution >= 0.6 is 0 Å². The van der Waals surface area contributed by atoms with Gasteiger partial charge in [0.1, 0.15) is 12.4 Å². The summed E-state index contributed by atoms with van der Waals surface area (Å²) < 4.78 is 10.3. The molecule has 5 nitrogen and oxygen atoms in total. The minimum atomic E-state index is -0.397. The van der Waals surface area contributed by atoms with Crippen molar-refractivity contribution in [1.29, 1.82) is 0 Å². The number of rotatable bonds is 4. The Balaban J connectivity index is 2.03. The van der Waals surface area contributed by atoms with Gasteiger partial charge in [-0.3, -0.25) is 4.79 Å². The monoisotopic (exact) mass is 275 g/mol. The molecule has 0 saturated heterocycles. The van der Waals surface area contributed by atoms with E-state index in [9.17, 15) is 9.59 Å². The number of amides is 1. The Kier molecular flexibility index (Phi) is 4.76. The molecule has 5 heteroatoms. The molecule has 1 aromatic rings.